The molecule has 0 spiro atoms. The molecule has 3 rings (SSSR count). The number of hydrogen-bond donors (Lipinski definition) is 1. The maximum Gasteiger partial charge on any atom is 0.0591 e. The zero-order chi connectivity index (χ0) is 27.0. The fraction of sp³-hybridized carbons (Fsp3) is 0.600. The Morgan fingerprint density at radius 1 is 0.500 bits per heavy atom. The van der Waals surface area contributed by atoms with Gasteiger partial charge in [-0.2, -0.15) is 0 Å². The molecule has 1 heteroatoms. The van der Waals surface area contributed by atoms with Gasteiger partial charge in [-0.3, -0.25) is 0 Å². The Bertz CT molecular complexity index is 1000. The molecule has 1 N–H and O–H groups in total. The lowest BCUT2D eigenvalue weighted by Crippen LogP contribution is -2.17. The Labute approximate surface area is 222 Å². The van der Waals surface area contributed by atoms with Gasteiger partial charge >= 0.3 is 0 Å². The van der Waals surface area contributed by atoms with Crippen molar-refractivity contribution >= 4 is 21.5 Å². The van der Waals surface area contributed by atoms with Gasteiger partial charge in [0, 0.05) is 0 Å². The molecule has 0 fully saturated rings. The summed E-state index contributed by atoms with van der Waals surface area (Å²) in [4.78, 5) is 0. The van der Waals surface area contributed by atoms with Crippen LogP contribution in [0, 0.1) is 0 Å². The molecule has 0 aromatic heterocycles. The zero-order valence-corrected chi connectivity index (χ0v) is 24.9. The van der Waals surface area contributed by atoms with Crippen LogP contribution < -0.4 is 0 Å². The molecule has 0 aliphatic rings. The van der Waals surface area contributed by atoms with E-state index in [0.717, 1.165) is 12.8 Å². The Morgan fingerprint density at radius 3 is 1.17 bits per heavy atom. The molecule has 0 amide bonds. The second-order valence-electron chi connectivity index (χ2n) is 12.9. The number of rotatable bonds is 11. The molecular weight excluding hydrogens is 436 g/mol. The minimum absolute atomic E-state index is 0.242. The molecule has 3 aromatic rings. The molecule has 0 radical (unpaired) electrons. The van der Waals surface area contributed by atoms with Gasteiger partial charge in [0.15, 0.2) is 0 Å². The van der Waals surface area contributed by atoms with Crippen LogP contribution in [0.2, 0.25) is 0 Å². The van der Waals surface area contributed by atoms with Gasteiger partial charge in [0.1, 0.15) is 0 Å². The maximum atomic E-state index is 9.15. The van der Waals surface area contributed by atoms with Crippen LogP contribution in [-0.2, 0) is 10.8 Å². The van der Waals surface area contributed by atoms with Crippen LogP contribution in [-0.4, -0.2) is 10.7 Å². The van der Waals surface area contributed by atoms with Crippen molar-refractivity contribution in [3.8, 4) is 0 Å². The Morgan fingerprint density at radius 2 is 0.861 bits per heavy atom. The number of fused-ring (bicyclic) bond motifs is 2. The third kappa shape index (κ3) is 8.91. The summed E-state index contributed by atoms with van der Waals surface area (Å²) in [5.74, 6) is 0. The molecule has 36 heavy (non-hydrogen) atoms. The molecule has 200 valence electrons. The van der Waals surface area contributed by atoms with Crippen molar-refractivity contribution in [3.63, 3.8) is 0 Å². The Kier molecular flexibility index (Phi) is 11.0. The standard InChI is InChI=1S/C28H38.C7H16O/c1-7-9-15-27(3,4)25-13-11-21-18-24-20-26(28(5,6)16-10-8-2)14-12-22(24)17-23(21)19-25;1-4-5-6-7(2,3)8/h11-14,17-20H,7-10,15-16H2,1-6H3;8H,4-6H2,1-3H3. The van der Waals surface area contributed by atoms with Crippen molar-refractivity contribution in [1.29, 1.82) is 0 Å². The normalized spacial score (nSPS) is 12.6. The fourth-order valence-corrected chi connectivity index (χ4v) is 4.97. The molecule has 0 unspecified atom stereocenters. The van der Waals surface area contributed by atoms with E-state index in [0.29, 0.717) is 0 Å². The summed E-state index contributed by atoms with van der Waals surface area (Å²) in [6.07, 6.45) is 10.8. The quantitative estimate of drug-likeness (QED) is 0.265. The smallest absolute Gasteiger partial charge is 0.0591 e. The van der Waals surface area contributed by atoms with E-state index in [-0.39, 0.29) is 10.8 Å². The summed E-state index contributed by atoms with van der Waals surface area (Å²) in [6.45, 7) is 19.9. The molecule has 0 aliphatic carbocycles. The van der Waals surface area contributed by atoms with Crippen molar-refractivity contribution in [2.24, 2.45) is 0 Å². The highest BCUT2D eigenvalue weighted by atomic mass is 16.3. The van der Waals surface area contributed by atoms with Crippen LogP contribution >= 0.6 is 0 Å². The van der Waals surface area contributed by atoms with Crippen molar-refractivity contribution in [1.82, 2.24) is 0 Å². The average molecular weight is 491 g/mol. The largest absolute Gasteiger partial charge is 0.390 e. The SMILES string of the molecule is CCCCC(C)(C)O.CCCCC(C)(C)c1ccc2cc3cc(C(C)(C)CCCC)ccc3cc2c1. The van der Waals surface area contributed by atoms with E-state index in [1.165, 1.54) is 77.6 Å². The predicted molar refractivity (Wildman–Crippen MR) is 162 cm³/mol. The molecule has 0 bridgehead atoms. The third-order valence-corrected chi connectivity index (χ3v) is 7.81. The van der Waals surface area contributed by atoms with Crippen LogP contribution in [0.15, 0.2) is 48.5 Å². The number of hydrogen-bond acceptors (Lipinski definition) is 1. The van der Waals surface area contributed by atoms with E-state index in [1.807, 2.05) is 13.8 Å². The van der Waals surface area contributed by atoms with Gasteiger partial charge in [0.05, 0.1) is 5.60 Å². The topological polar surface area (TPSA) is 20.2 Å². The summed E-state index contributed by atoms with van der Waals surface area (Å²) in [5, 5.41) is 14.6. The highest BCUT2D eigenvalue weighted by Crippen LogP contribution is 2.35. The van der Waals surface area contributed by atoms with Gasteiger partial charge in [0.2, 0.25) is 0 Å². The van der Waals surface area contributed by atoms with E-state index in [9.17, 15) is 0 Å². The second kappa shape index (κ2) is 13.1. The Hall–Kier alpha value is -1.86. The van der Waals surface area contributed by atoms with Crippen LogP contribution in [0.3, 0.4) is 0 Å². The monoisotopic (exact) mass is 490 g/mol. The lowest BCUT2D eigenvalue weighted by Gasteiger charge is -2.26. The summed E-state index contributed by atoms with van der Waals surface area (Å²) in [5.41, 5.74) is 2.96. The van der Waals surface area contributed by atoms with Gasteiger partial charge in [-0.05, 0) is 88.7 Å². The summed E-state index contributed by atoms with van der Waals surface area (Å²) in [7, 11) is 0. The lowest BCUT2D eigenvalue weighted by atomic mass is 9.78. The second-order valence-corrected chi connectivity index (χ2v) is 12.9. The van der Waals surface area contributed by atoms with E-state index in [4.69, 9.17) is 5.11 Å². The molecule has 1 nitrogen and oxygen atoms in total. The molecule has 0 saturated carbocycles. The first-order valence-electron chi connectivity index (χ1n) is 14.5. The van der Waals surface area contributed by atoms with Gasteiger partial charge < -0.3 is 5.11 Å². The van der Waals surface area contributed by atoms with Gasteiger partial charge in [-0.25, -0.2) is 0 Å². The minimum Gasteiger partial charge on any atom is -0.390 e. The first-order valence-corrected chi connectivity index (χ1v) is 14.5. The number of aliphatic hydroxyl groups is 1. The zero-order valence-electron chi connectivity index (χ0n) is 24.9. The molecule has 0 heterocycles. The lowest BCUT2D eigenvalue weighted by molar-refractivity contribution is 0.0686. The van der Waals surface area contributed by atoms with E-state index >= 15 is 0 Å². The highest BCUT2D eigenvalue weighted by Gasteiger charge is 2.21. The van der Waals surface area contributed by atoms with E-state index in [2.05, 4.69) is 97.0 Å². The minimum atomic E-state index is -0.448. The summed E-state index contributed by atoms with van der Waals surface area (Å²) in [6, 6.07) is 18.9. The predicted octanol–water partition coefficient (Wildman–Crippen LogP) is 10.9. The molecular formula is C35H54O. The first kappa shape index (κ1) is 30.4. The third-order valence-electron chi connectivity index (χ3n) is 7.81. The van der Waals surface area contributed by atoms with Crippen LogP contribution in [0.25, 0.3) is 21.5 Å². The van der Waals surface area contributed by atoms with Crippen molar-refractivity contribution < 1.29 is 5.11 Å². The van der Waals surface area contributed by atoms with Crippen molar-refractivity contribution in [2.75, 3.05) is 0 Å². The Balaban J connectivity index is 0.000000493. The van der Waals surface area contributed by atoms with E-state index < -0.39 is 5.60 Å². The molecule has 3 aromatic carbocycles. The van der Waals surface area contributed by atoms with Crippen LogP contribution in [0.4, 0.5) is 0 Å². The van der Waals surface area contributed by atoms with Crippen LogP contribution in [0.5, 0.6) is 0 Å². The first-order chi connectivity index (χ1) is 16.8. The van der Waals surface area contributed by atoms with Crippen molar-refractivity contribution in [2.45, 2.75) is 137 Å². The number of unbranched alkanes of at least 4 members (excludes halogenated alkanes) is 3. The summed E-state index contributed by atoms with van der Waals surface area (Å²) < 4.78 is 0. The molecule has 0 saturated heterocycles. The van der Waals surface area contributed by atoms with Crippen molar-refractivity contribution in [3.05, 3.63) is 59.7 Å². The van der Waals surface area contributed by atoms with E-state index in [1.54, 1.807) is 0 Å². The summed E-state index contributed by atoms with van der Waals surface area (Å²) >= 11 is 0. The highest BCUT2D eigenvalue weighted by molar-refractivity contribution is 5.98. The van der Waals surface area contributed by atoms with Crippen LogP contribution in [0.1, 0.15) is 131 Å². The van der Waals surface area contributed by atoms with Gasteiger partial charge in [-0.15, -0.1) is 0 Å². The number of benzene rings is 3. The molecule has 0 atom stereocenters. The maximum absolute atomic E-state index is 9.15. The average Bonchev–Trinajstić information content (AvgIpc) is 2.83. The van der Waals surface area contributed by atoms with Gasteiger partial charge in [-0.1, -0.05) is 123 Å². The van der Waals surface area contributed by atoms with Gasteiger partial charge in [0.25, 0.3) is 0 Å². The fourth-order valence-electron chi connectivity index (χ4n) is 4.97. The molecule has 0 aliphatic heterocycles.